The van der Waals surface area contributed by atoms with E-state index < -0.39 is 9.84 Å². The summed E-state index contributed by atoms with van der Waals surface area (Å²) in [7, 11) is -2.94. The first-order chi connectivity index (χ1) is 8.94. The third kappa shape index (κ3) is 2.61. The van der Waals surface area contributed by atoms with Crippen molar-refractivity contribution in [3.05, 3.63) is 34.9 Å². The quantitative estimate of drug-likeness (QED) is 0.906. The third-order valence-electron chi connectivity index (χ3n) is 3.46. The lowest BCUT2D eigenvalue weighted by atomic mass is 10.1. The molecule has 2 heterocycles. The van der Waals surface area contributed by atoms with Crippen LogP contribution in [0.25, 0.3) is 0 Å². The number of amidine groups is 1. The van der Waals surface area contributed by atoms with Gasteiger partial charge in [-0.05, 0) is 17.7 Å². The van der Waals surface area contributed by atoms with Gasteiger partial charge in [-0.1, -0.05) is 35.5 Å². The summed E-state index contributed by atoms with van der Waals surface area (Å²) in [6.07, 6.45) is 0. The lowest BCUT2D eigenvalue weighted by Crippen LogP contribution is -2.36. The predicted molar refractivity (Wildman–Crippen MR) is 78.5 cm³/mol. The maximum absolute atomic E-state index is 11.7. The molecule has 2 saturated heterocycles. The summed E-state index contributed by atoms with van der Waals surface area (Å²) in [5.41, 5.74) is 1.04. The Bertz CT molecular complexity index is 615. The van der Waals surface area contributed by atoms with E-state index in [0.29, 0.717) is 16.7 Å². The summed E-state index contributed by atoms with van der Waals surface area (Å²) in [6.45, 7) is 0.569. The minimum absolute atomic E-state index is 0.0183. The van der Waals surface area contributed by atoms with Gasteiger partial charge in [0.1, 0.15) is 0 Å². The van der Waals surface area contributed by atoms with Crippen molar-refractivity contribution in [1.82, 2.24) is 4.90 Å². The first-order valence-corrected chi connectivity index (χ1v) is 8.99. The van der Waals surface area contributed by atoms with Gasteiger partial charge in [0.05, 0.1) is 17.5 Å². The van der Waals surface area contributed by atoms with Crippen LogP contribution in [0, 0.1) is 5.41 Å². The van der Waals surface area contributed by atoms with E-state index in [1.807, 2.05) is 29.2 Å². The highest BCUT2D eigenvalue weighted by molar-refractivity contribution is 8.15. The van der Waals surface area contributed by atoms with Crippen molar-refractivity contribution in [2.24, 2.45) is 0 Å². The van der Waals surface area contributed by atoms with E-state index >= 15 is 0 Å². The summed E-state index contributed by atoms with van der Waals surface area (Å²) in [6, 6.07) is 7.39. The Balaban J connectivity index is 1.80. The van der Waals surface area contributed by atoms with Crippen molar-refractivity contribution in [1.29, 1.82) is 5.41 Å². The van der Waals surface area contributed by atoms with Gasteiger partial charge in [-0.3, -0.25) is 5.41 Å². The molecule has 1 N–H and O–H groups in total. The summed E-state index contributed by atoms with van der Waals surface area (Å²) in [4.78, 5) is 1.89. The van der Waals surface area contributed by atoms with Crippen LogP contribution in [-0.2, 0) is 16.4 Å². The van der Waals surface area contributed by atoms with Gasteiger partial charge >= 0.3 is 0 Å². The van der Waals surface area contributed by atoms with Crippen molar-refractivity contribution >= 4 is 38.4 Å². The number of fused-ring (bicyclic) bond motifs is 1. The Morgan fingerprint density at radius 1 is 1.32 bits per heavy atom. The van der Waals surface area contributed by atoms with Crippen LogP contribution in [0.5, 0.6) is 0 Å². The molecule has 1 aromatic rings. The Morgan fingerprint density at radius 2 is 2.00 bits per heavy atom. The van der Waals surface area contributed by atoms with Crippen molar-refractivity contribution in [3.8, 4) is 0 Å². The molecule has 0 aromatic heterocycles. The largest absolute Gasteiger partial charge is 0.342 e. The van der Waals surface area contributed by atoms with Crippen LogP contribution < -0.4 is 0 Å². The van der Waals surface area contributed by atoms with E-state index in [-0.39, 0.29) is 22.8 Å². The van der Waals surface area contributed by atoms with Gasteiger partial charge in [0, 0.05) is 16.8 Å². The molecule has 1 aromatic carbocycles. The highest BCUT2D eigenvalue weighted by atomic mass is 35.5. The molecule has 0 aliphatic carbocycles. The first-order valence-electron chi connectivity index (χ1n) is 5.91. The molecule has 2 aliphatic heterocycles. The maximum Gasteiger partial charge on any atom is 0.157 e. The standard InChI is InChI=1S/C12H13ClN2O2S2/c13-9-3-1-8(2-4-9)5-15-10-6-19(16,17)7-11(10)18-12(15)14/h1-4,10-11,14H,5-7H2/t10-,11-/m1/s1. The Kier molecular flexibility index (Phi) is 3.27. The highest BCUT2D eigenvalue weighted by Gasteiger charge is 2.47. The third-order valence-corrected chi connectivity index (χ3v) is 6.88. The van der Waals surface area contributed by atoms with Crippen LogP contribution in [0.3, 0.4) is 0 Å². The molecule has 7 heteroatoms. The Hall–Kier alpha value is -0.720. The van der Waals surface area contributed by atoms with Crippen molar-refractivity contribution in [2.75, 3.05) is 11.5 Å². The molecule has 2 atom stereocenters. The molecule has 0 unspecified atom stereocenters. The fraction of sp³-hybridized carbons (Fsp3) is 0.417. The van der Waals surface area contributed by atoms with Crippen molar-refractivity contribution in [3.63, 3.8) is 0 Å². The van der Waals surface area contributed by atoms with Crippen molar-refractivity contribution in [2.45, 2.75) is 17.8 Å². The van der Waals surface area contributed by atoms with Crippen molar-refractivity contribution < 1.29 is 8.42 Å². The molecule has 0 spiro atoms. The van der Waals surface area contributed by atoms with Gasteiger partial charge in [0.15, 0.2) is 15.0 Å². The van der Waals surface area contributed by atoms with E-state index in [4.69, 9.17) is 17.0 Å². The molecular formula is C12H13ClN2O2S2. The topological polar surface area (TPSA) is 61.2 Å². The van der Waals surface area contributed by atoms with Gasteiger partial charge in [-0.2, -0.15) is 0 Å². The molecular weight excluding hydrogens is 304 g/mol. The summed E-state index contributed by atoms with van der Waals surface area (Å²) >= 11 is 7.22. The second-order valence-corrected chi connectivity index (χ2v) is 8.68. The molecule has 102 valence electrons. The number of nitrogens with one attached hydrogen (secondary N) is 1. The molecule has 2 fully saturated rings. The summed E-state index contributed by atoms with van der Waals surface area (Å²) in [5.74, 6) is 0.364. The van der Waals surface area contributed by atoms with E-state index in [1.165, 1.54) is 11.8 Å². The average Bonchev–Trinajstić information content (AvgIpc) is 2.75. The number of nitrogens with zero attached hydrogens (tertiary/aromatic N) is 1. The van der Waals surface area contributed by atoms with Gasteiger partial charge in [0.25, 0.3) is 0 Å². The average molecular weight is 317 g/mol. The van der Waals surface area contributed by atoms with Gasteiger partial charge < -0.3 is 4.90 Å². The Morgan fingerprint density at radius 3 is 2.68 bits per heavy atom. The van der Waals surface area contributed by atoms with Gasteiger partial charge in [-0.15, -0.1) is 0 Å². The monoisotopic (exact) mass is 316 g/mol. The van der Waals surface area contributed by atoms with Crippen LogP contribution in [0.1, 0.15) is 5.56 Å². The number of halogens is 1. The maximum atomic E-state index is 11.7. The highest BCUT2D eigenvalue weighted by Crippen LogP contribution is 2.38. The van der Waals surface area contributed by atoms with Gasteiger partial charge in [0.2, 0.25) is 0 Å². The normalized spacial score (nSPS) is 28.7. The lowest BCUT2D eigenvalue weighted by molar-refractivity contribution is 0.349. The van der Waals surface area contributed by atoms with Crippen LogP contribution in [-0.4, -0.2) is 41.3 Å². The zero-order valence-electron chi connectivity index (χ0n) is 10.0. The number of hydrogen-bond donors (Lipinski definition) is 1. The van der Waals surface area contributed by atoms with Crippen LogP contribution in [0.4, 0.5) is 0 Å². The number of hydrogen-bond acceptors (Lipinski definition) is 4. The molecule has 0 radical (unpaired) electrons. The van der Waals surface area contributed by atoms with Crippen LogP contribution >= 0.6 is 23.4 Å². The van der Waals surface area contributed by atoms with E-state index in [1.54, 1.807) is 0 Å². The fourth-order valence-electron chi connectivity index (χ4n) is 2.54. The number of thioether (sulfide) groups is 1. The first kappa shape index (κ1) is 13.3. The zero-order valence-corrected chi connectivity index (χ0v) is 12.4. The second kappa shape index (κ2) is 4.68. The molecule has 3 rings (SSSR count). The number of rotatable bonds is 2. The van der Waals surface area contributed by atoms with E-state index in [9.17, 15) is 8.42 Å². The number of benzene rings is 1. The smallest absolute Gasteiger partial charge is 0.157 e. The SMILES string of the molecule is N=C1S[C@@H]2CS(=O)(=O)C[C@H]2N1Cc1ccc(Cl)cc1. The molecule has 2 aliphatic rings. The molecule has 0 bridgehead atoms. The minimum Gasteiger partial charge on any atom is -0.342 e. The predicted octanol–water partition coefficient (Wildman–Crippen LogP) is 1.99. The summed E-state index contributed by atoms with van der Waals surface area (Å²) in [5, 5.41) is 9.16. The van der Waals surface area contributed by atoms with Crippen LogP contribution in [0.2, 0.25) is 5.02 Å². The Labute approximate surface area is 121 Å². The van der Waals surface area contributed by atoms with Crippen LogP contribution in [0.15, 0.2) is 24.3 Å². The molecule has 0 amide bonds. The molecule has 4 nitrogen and oxygen atoms in total. The molecule has 0 saturated carbocycles. The zero-order chi connectivity index (χ0) is 13.6. The fourth-order valence-corrected chi connectivity index (χ4v) is 6.49. The second-order valence-electron chi connectivity index (χ2n) is 4.86. The summed E-state index contributed by atoms with van der Waals surface area (Å²) < 4.78 is 23.3. The molecule has 19 heavy (non-hydrogen) atoms. The lowest BCUT2D eigenvalue weighted by Gasteiger charge is -2.23. The number of sulfone groups is 1. The van der Waals surface area contributed by atoms with E-state index in [2.05, 4.69) is 0 Å². The minimum atomic E-state index is -2.94. The van der Waals surface area contributed by atoms with E-state index in [0.717, 1.165) is 5.56 Å². The van der Waals surface area contributed by atoms with Gasteiger partial charge in [-0.25, -0.2) is 8.42 Å².